The van der Waals surface area contributed by atoms with E-state index in [0.717, 1.165) is 64.2 Å². The van der Waals surface area contributed by atoms with Gasteiger partial charge < -0.3 is 20.1 Å². The molecule has 0 aliphatic rings. The van der Waals surface area contributed by atoms with Gasteiger partial charge in [-0.25, -0.2) is 4.57 Å². The summed E-state index contributed by atoms with van der Waals surface area (Å²) in [7, 11) is -4.32. The highest BCUT2D eigenvalue weighted by molar-refractivity contribution is 7.47. The van der Waals surface area contributed by atoms with Gasteiger partial charge in [-0.15, -0.1) is 0 Å². The maximum Gasteiger partial charge on any atom is 0.472 e. The number of ether oxygens (including phenoxy) is 2. The fraction of sp³-hybridized carbons (Fsp3) is 0.513. The van der Waals surface area contributed by atoms with Crippen molar-refractivity contribution >= 4 is 13.8 Å². The second kappa shape index (κ2) is 35.5. The van der Waals surface area contributed by atoms with Crippen molar-refractivity contribution in [1.82, 2.24) is 0 Å². The Balaban J connectivity index is 4.42. The van der Waals surface area contributed by atoms with Gasteiger partial charge in [0.2, 0.25) is 0 Å². The first-order valence-corrected chi connectivity index (χ1v) is 18.9. The van der Waals surface area contributed by atoms with Crippen LogP contribution in [0.5, 0.6) is 0 Å². The van der Waals surface area contributed by atoms with Gasteiger partial charge in [0.1, 0.15) is 6.10 Å². The standard InChI is InChI=1S/C39H62NO7P/c1-3-5-7-9-11-13-15-17-19-20-22-24-26-28-30-32-39(41)47-38(37-46-48(42,43)45-35-33-40)36-44-34-31-29-27-25-23-21-18-16-14-12-10-8-6-4-2/h5-8,11-14,17-19,21-22,24-25,27-28,30,38H,3-4,9-10,15-16,20,23,26,29,31-37,40H2,1-2H3,(H,42,43)/b7-5-,8-6-,13-11-,14-12-,19-17-,21-18-,24-22-,27-25-,30-28-. The quantitative estimate of drug-likeness (QED) is 0.0320. The fourth-order valence-electron chi connectivity index (χ4n) is 3.78. The predicted molar refractivity (Wildman–Crippen MR) is 200 cm³/mol. The minimum absolute atomic E-state index is 0.0303. The van der Waals surface area contributed by atoms with Gasteiger partial charge in [0.05, 0.1) is 26.2 Å². The van der Waals surface area contributed by atoms with Crippen LogP contribution < -0.4 is 5.73 Å². The normalized spacial score (nSPS) is 15.0. The SMILES string of the molecule is CC/C=C\C/C=C\C/C=C\C/C=C\C/C=C\CC(=O)OC(COCCC/C=C\C/C=C\C/C=C\C/C=C\CC)COP(=O)(O)OCCN. The summed E-state index contributed by atoms with van der Waals surface area (Å²) in [5.74, 6) is -0.482. The number of nitrogens with two attached hydrogens (primary N) is 1. The molecule has 0 fully saturated rings. The van der Waals surface area contributed by atoms with Crippen molar-refractivity contribution in [3.8, 4) is 0 Å². The van der Waals surface area contributed by atoms with Crippen LogP contribution in [0.15, 0.2) is 109 Å². The number of phosphoric ester groups is 1. The lowest BCUT2D eigenvalue weighted by atomic mass is 10.2. The van der Waals surface area contributed by atoms with Crippen molar-refractivity contribution in [1.29, 1.82) is 0 Å². The summed E-state index contributed by atoms with van der Waals surface area (Å²) >= 11 is 0. The lowest BCUT2D eigenvalue weighted by Gasteiger charge is -2.19. The lowest BCUT2D eigenvalue weighted by molar-refractivity contribution is -0.153. The van der Waals surface area contributed by atoms with E-state index >= 15 is 0 Å². The third-order valence-corrected chi connectivity index (χ3v) is 7.20. The number of hydrogen-bond donors (Lipinski definition) is 2. The number of hydrogen-bond acceptors (Lipinski definition) is 7. The topological polar surface area (TPSA) is 117 Å². The van der Waals surface area contributed by atoms with Crippen LogP contribution in [-0.4, -0.2) is 49.9 Å². The molecule has 0 heterocycles. The molecule has 0 saturated heterocycles. The Morgan fingerprint density at radius 3 is 1.52 bits per heavy atom. The molecular formula is C39H62NO7P. The van der Waals surface area contributed by atoms with E-state index < -0.39 is 19.9 Å². The number of unbranched alkanes of at least 4 members (excludes halogenated alkanes) is 1. The molecule has 2 unspecified atom stereocenters. The van der Waals surface area contributed by atoms with E-state index in [-0.39, 0.29) is 32.8 Å². The van der Waals surface area contributed by atoms with E-state index in [2.05, 4.69) is 105 Å². The Bertz CT molecular complexity index is 1090. The zero-order valence-corrected chi connectivity index (χ0v) is 30.3. The van der Waals surface area contributed by atoms with E-state index in [1.54, 1.807) is 6.08 Å². The zero-order valence-electron chi connectivity index (χ0n) is 29.4. The van der Waals surface area contributed by atoms with Gasteiger partial charge in [0.15, 0.2) is 0 Å². The molecule has 0 aromatic carbocycles. The Hall–Kier alpha value is -2.84. The lowest BCUT2D eigenvalue weighted by Crippen LogP contribution is -2.28. The second-order valence-electron chi connectivity index (χ2n) is 10.6. The van der Waals surface area contributed by atoms with Gasteiger partial charge in [0.25, 0.3) is 0 Å². The van der Waals surface area contributed by atoms with Gasteiger partial charge in [-0.3, -0.25) is 13.8 Å². The van der Waals surface area contributed by atoms with E-state index in [1.165, 1.54) is 0 Å². The van der Waals surface area contributed by atoms with Gasteiger partial charge in [-0.1, -0.05) is 123 Å². The molecule has 0 bridgehead atoms. The van der Waals surface area contributed by atoms with Crippen LogP contribution >= 0.6 is 7.82 Å². The first-order chi connectivity index (χ1) is 23.4. The van der Waals surface area contributed by atoms with Crippen LogP contribution in [0.3, 0.4) is 0 Å². The van der Waals surface area contributed by atoms with Gasteiger partial charge in [-0.2, -0.15) is 0 Å². The average Bonchev–Trinajstić information content (AvgIpc) is 3.07. The summed E-state index contributed by atoms with van der Waals surface area (Å²) < 4.78 is 33.0. The number of phosphoric acid groups is 1. The van der Waals surface area contributed by atoms with Gasteiger partial charge >= 0.3 is 13.8 Å². The molecule has 0 spiro atoms. The number of esters is 1. The summed E-state index contributed by atoms with van der Waals surface area (Å²) in [5, 5.41) is 0. The third-order valence-electron chi connectivity index (χ3n) is 6.22. The molecule has 270 valence electrons. The second-order valence-corrected chi connectivity index (χ2v) is 12.1. The first-order valence-electron chi connectivity index (χ1n) is 17.4. The zero-order chi connectivity index (χ0) is 35.2. The molecule has 0 rings (SSSR count). The summed E-state index contributed by atoms with van der Waals surface area (Å²) in [6.45, 7) is 4.34. The third kappa shape index (κ3) is 34.5. The predicted octanol–water partition coefficient (Wildman–Crippen LogP) is 9.73. The molecule has 9 heteroatoms. The molecule has 0 aromatic heterocycles. The summed E-state index contributed by atoms with van der Waals surface area (Å²) in [6, 6.07) is 0. The molecule has 0 saturated carbocycles. The van der Waals surface area contributed by atoms with E-state index in [9.17, 15) is 14.3 Å². The van der Waals surface area contributed by atoms with Crippen LogP contribution in [0.25, 0.3) is 0 Å². The minimum atomic E-state index is -4.32. The summed E-state index contributed by atoms with van der Waals surface area (Å²) in [4.78, 5) is 22.3. The van der Waals surface area contributed by atoms with E-state index in [4.69, 9.17) is 24.3 Å². The van der Waals surface area contributed by atoms with Crippen molar-refractivity contribution in [3.05, 3.63) is 109 Å². The molecule has 2 atom stereocenters. The van der Waals surface area contributed by atoms with Crippen LogP contribution in [0, 0.1) is 0 Å². The molecule has 0 aliphatic carbocycles. The van der Waals surface area contributed by atoms with Crippen molar-refractivity contribution in [2.75, 3.05) is 33.0 Å². The minimum Gasteiger partial charge on any atom is -0.457 e. The van der Waals surface area contributed by atoms with Crippen molar-refractivity contribution < 1.29 is 32.8 Å². The molecule has 3 N–H and O–H groups in total. The monoisotopic (exact) mass is 687 g/mol. The summed E-state index contributed by atoms with van der Waals surface area (Å²) in [5.41, 5.74) is 5.33. The molecule has 0 aromatic rings. The first kappa shape index (κ1) is 45.2. The van der Waals surface area contributed by atoms with Crippen molar-refractivity contribution in [2.45, 2.75) is 97.0 Å². The highest BCUT2D eigenvalue weighted by atomic mass is 31.2. The molecule has 8 nitrogen and oxygen atoms in total. The number of allylic oxidation sites excluding steroid dienone is 17. The molecule has 0 aliphatic heterocycles. The fourth-order valence-corrected chi connectivity index (χ4v) is 4.54. The molecule has 0 amide bonds. The molecular weight excluding hydrogens is 625 g/mol. The largest absolute Gasteiger partial charge is 0.472 e. The van der Waals surface area contributed by atoms with Crippen LogP contribution in [0.4, 0.5) is 0 Å². The highest BCUT2D eigenvalue weighted by Gasteiger charge is 2.24. The smallest absolute Gasteiger partial charge is 0.457 e. The molecule has 0 radical (unpaired) electrons. The number of rotatable bonds is 31. The van der Waals surface area contributed by atoms with Crippen LogP contribution in [0.2, 0.25) is 0 Å². The van der Waals surface area contributed by atoms with Gasteiger partial charge in [-0.05, 0) is 70.6 Å². The van der Waals surface area contributed by atoms with Gasteiger partial charge in [0, 0.05) is 13.2 Å². The Morgan fingerprint density at radius 1 is 0.625 bits per heavy atom. The highest BCUT2D eigenvalue weighted by Crippen LogP contribution is 2.43. The Labute approximate surface area is 291 Å². The Kier molecular flexibility index (Phi) is 33.4. The number of carbonyl (C=O) groups excluding carboxylic acids is 1. The van der Waals surface area contributed by atoms with E-state index in [1.807, 2.05) is 12.2 Å². The molecule has 48 heavy (non-hydrogen) atoms. The van der Waals surface area contributed by atoms with Crippen molar-refractivity contribution in [3.63, 3.8) is 0 Å². The van der Waals surface area contributed by atoms with Crippen LogP contribution in [0.1, 0.15) is 90.9 Å². The number of carbonyl (C=O) groups is 1. The maximum absolute atomic E-state index is 12.4. The summed E-state index contributed by atoms with van der Waals surface area (Å²) in [6.07, 6.45) is 47.2. The average molecular weight is 688 g/mol. The maximum atomic E-state index is 12.4. The Morgan fingerprint density at radius 2 is 1.06 bits per heavy atom. The van der Waals surface area contributed by atoms with Crippen LogP contribution in [-0.2, 0) is 27.9 Å². The van der Waals surface area contributed by atoms with E-state index in [0.29, 0.717) is 13.0 Å². The van der Waals surface area contributed by atoms with Crippen molar-refractivity contribution in [2.24, 2.45) is 5.73 Å².